The van der Waals surface area contributed by atoms with Crippen LogP contribution in [0, 0.1) is 6.92 Å². The van der Waals surface area contributed by atoms with Crippen LogP contribution in [0.25, 0.3) is 10.9 Å². The Bertz CT molecular complexity index is 1400. The smallest absolute Gasteiger partial charge is 0.269 e. The van der Waals surface area contributed by atoms with Crippen molar-refractivity contribution in [2.45, 2.75) is 51.1 Å². The second kappa shape index (κ2) is 8.93. The fourth-order valence-electron chi connectivity index (χ4n) is 3.75. The van der Waals surface area contributed by atoms with E-state index in [1.54, 1.807) is 24.5 Å². The molecule has 4 aromatic rings. The summed E-state index contributed by atoms with van der Waals surface area (Å²) in [7, 11) is -3.80. The van der Waals surface area contributed by atoms with E-state index in [0.29, 0.717) is 23.5 Å². The first-order valence-electron chi connectivity index (χ1n) is 10.8. The van der Waals surface area contributed by atoms with Crippen molar-refractivity contribution in [2.24, 2.45) is 0 Å². The highest BCUT2D eigenvalue weighted by atomic mass is 35.5. The van der Waals surface area contributed by atoms with Crippen LogP contribution in [0.2, 0.25) is 5.02 Å². The van der Waals surface area contributed by atoms with Crippen molar-refractivity contribution in [1.29, 1.82) is 0 Å². The number of aromatic nitrogens is 2. The van der Waals surface area contributed by atoms with Gasteiger partial charge in [0.25, 0.3) is 10.0 Å². The second-order valence-corrected chi connectivity index (χ2v) is 11.6. The van der Waals surface area contributed by atoms with Gasteiger partial charge in [0.1, 0.15) is 4.90 Å². The summed E-state index contributed by atoms with van der Waals surface area (Å²) in [6.07, 6.45) is 5.27. The Kier molecular flexibility index (Phi) is 6.36. The number of rotatable bonds is 6. The van der Waals surface area contributed by atoms with Gasteiger partial charge in [-0.05, 0) is 80.6 Å². The number of halogens is 1. The minimum absolute atomic E-state index is 0.0984. The van der Waals surface area contributed by atoms with Gasteiger partial charge in [0.05, 0.1) is 5.52 Å². The van der Waals surface area contributed by atoms with Crippen LogP contribution in [0.3, 0.4) is 0 Å². The summed E-state index contributed by atoms with van der Waals surface area (Å²) in [5, 5.41) is 5.08. The lowest BCUT2D eigenvalue weighted by molar-refractivity contribution is 0.425. The first kappa shape index (κ1) is 23.5. The molecule has 1 N–H and O–H groups in total. The first-order valence-corrected chi connectivity index (χ1v) is 12.6. The van der Waals surface area contributed by atoms with Crippen LogP contribution in [0.15, 0.2) is 72.0 Å². The van der Waals surface area contributed by atoms with Crippen molar-refractivity contribution < 1.29 is 8.42 Å². The number of fused-ring (bicyclic) bond motifs is 1. The number of aryl methyl sites for hydroxylation is 1. The summed E-state index contributed by atoms with van der Waals surface area (Å²) in [4.78, 5) is 4.16. The zero-order valence-corrected chi connectivity index (χ0v) is 20.8. The fraction of sp³-hybridized carbons (Fsp3) is 0.269. The summed E-state index contributed by atoms with van der Waals surface area (Å²) in [6, 6.07) is 15.2. The third-order valence-corrected chi connectivity index (χ3v) is 7.53. The van der Waals surface area contributed by atoms with Gasteiger partial charge in [-0.3, -0.25) is 4.98 Å². The number of nitrogens with zero attached hydrogens (tertiary/aromatic N) is 2. The van der Waals surface area contributed by atoms with Crippen molar-refractivity contribution in [1.82, 2.24) is 14.3 Å². The standard InChI is InChI=1S/C26H28ClN3O2S/c1-18-7-9-20(24(27)12-18)13-19-8-10-23-21(15-29-26(2,3)4)17-30(25(23)14-19)33(31,32)22-6-5-11-28-16-22/h5-12,14,16-17,29H,13,15H2,1-4H3. The molecule has 0 unspecified atom stereocenters. The zero-order valence-electron chi connectivity index (χ0n) is 19.3. The van der Waals surface area contributed by atoms with E-state index in [4.69, 9.17) is 11.6 Å². The molecule has 4 rings (SSSR count). The van der Waals surface area contributed by atoms with Gasteiger partial charge < -0.3 is 5.32 Å². The third kappa shape index (κ3) is 5.13. The Morgan fingerprint density at radius 2 is 1.85 bits per heavy atom. The number of benzene rings is 2. The minimum Gasteiger partial charge on any atom is -0.308 e. The Balaban J connectivity index is 1.83. The maximum atomic E-state index is 13.5. The van der Waals surface area contributed by atoms with E-state index in [9.17, 15) is 8.42 Å². The number of hydrogen-bond donors (Lipinski definition) is 1. The van der Waals surface area contributed by atoms with Gasteiger partial charge in [-0.1, -0.05) is 35.9 Å². The molecule has 0 spiro atoms. The van der Waals surface area contributed by atoms with Crippen molar-refractivity contribution in [2.75, 3.05) is 0 Å². The van der Waals surface area contributed by atoms with Gasteiger partial charge in [0.15, 0.2) is 0 Å². The van der Waals surface area contributed by atoms with E-state index in [1.807, 2.05) is 43.3 Å². The van der Waals surface area contributed by atoms with Crippen LogP contribution >= 0.6 is 11.6 Å². The van der Waals surface area contributed by atoms with E-state index in [-0.39, 0.29) is 10.4 Å². The van der Waals surface area contributed by atoms with Gasteiger partial charge in [-0.25, -0.2) is 12.4 Å². The van der Waals surface area contributed by atoms with Gasteiger partial charge in [0.2, 0.25) is 0 Å². The van der Waals surface area contributed by atoms with E-state index < -0.39 is 10.0 Å². The molecule has 0 aliphatic heterocycles. The summed E-state index contributed by atoms with van der Waals surface area (Å²) >= 11 is 6.45. The quantitative estimate of drug-likeness (QED) is 0.383. The lowest BCUT2D eigenvalue weighted by atomic mass is 10.0. The molecular weight excluding hydrogens is 454 g/mol. The van der Waals surface area contributed by atoms with E-state index in [2.05, 4.69) is 31.1 Å². The van der Waals surface area contributed by atoms with Crippen LogP contribution in [0.1, 0.15) is 43.0 Å². The average Bonchev–Trinajstić information content (AvgIpc) is 3.13. The maximum Gasteiger partial charge on any atom is 0.269 e. The molecule has 0 bridgehead atoms. The molecule has 0 saturated carbocycles. The molecule has 0 amide bonds. The molecule has 7 heteroatoms. The van der Waals surface area contributed by atoms with Crippen LogP contribution in [0.5, 0.6) is 0 Å². The Morgan fingerprint density at radius 1 is 1.06 bits per heavy atom. The lowest BCUT2D eigenvalue weighted by Gasteiger charge is -2.20. The highest BCUT2D eigenvalue weighted by Crippen LogP contribution is 2.29. The molecule has 2 aromatic carbocycles. The van der Waals surface area contributed by atoms with Gasteiger partial charge in [0, 0.05) is 41.1 Å². The Labute approximate surface area is 200 Å². The maximum absolute atomic E-state index is 13.5. The summed E-state index contributed by atoms with van der Waals surface area (Å²) in [5.41, 5.74) is 4.57. The first-order chi connectivity index (χ1) is 15.5. The predicted octanol–water partition coefficient (Wildman–Crippen LogP) is 5.71. The molecular formula is C26H28ClN3O2S. The topological polar surface area (TPSA) is 64.0 Å². The van der Waals surface area contributed by atoms with Gasteiger partial charge >= 0.3 is 0 Å². The van der Waals surface area contributed by atoms with E-state index >= 15 is 0 Å². The van der Waals surface area contributed by atoms with Crippen LogP contribution < -0.4 is 5.32 Å². The number of hydrogen-bond acceptors (Lipinski definition) is 4. The zero-order chi connectivity index (χ0) is 23.8. The molecule has 0 radical (unpaired) electrons. The van der Waals surface area contributed by atoms with Gasteiger partial charge in [-0.15, -0.1) is 0 Å². The van der Waals surface area contributed by atoms with Gasteiger partial charge in [-0.2, -0.15) is 0 Å². The molecule has 0 aliphatic rings. The van der Waals surface area contributed by atoms with Crippen LogP contribution in [0.4, 0.5) is 0 Å². The largest absolute Gasteiger partial charge is 0.308 e. The fourth-order valence-corrected chi connectivity index (χ4v) is 5.40. The van der Waals surface area contributed by atoms with Crippen LogP contribution in [-0.4, -0.2) is 22.9 Å². The Morgan fingerprint density at radius 3 is 2.52 bits per heavy atom. The molecule has 2 heterocycles. The summed E-state index contributed by atoms with van der Waals surface area (Å²) in [5.74, 6) is 0. The average molecular weight is 482 g/mol. The third-order valence-electron chi connectivity index (χ3n) is 5.52. The highest BCUT2D eigenvalue weighted by Gasteiger charge is 2.22. The second-order valence-electron chi connectivity index (χ2n) is 9.37. The molecule has 0 aliphatic carbocycles. The highest BCUT2D eigenvalue weighted by molar-refractivity contribution is 7.90. The van der Waals surface area contributed by atoms with Crippen molar-refractivity contribution in [3.05, 3.63) is 94.4 Å². The molecule has 5 nitrogen and oxygen atoms in total. The van der Waals surface area contributed by atoms with Crippen molar-refractivity contribution >= 4 is 32.5 Å². The molecule has 0 atom stereocenters. The van der Waals surface area contributed by atoms with E-state index in [1.165, 1.54) is 10.2 Å². The molecule has 2 aromatic heterocycles. The monoisotopic (exact) mass is 481 g/mol. The molecule has 172 valence electrons. The van der Waals surface area contributed by atoms with Crippen LogP contribution in [-0.2, 0) is 23.0 Å². The SMILES string of the molecule is Cc1ccc(Cc2ccc3c(CNC(C)(C)C)cn(S(=O)(=O)c4cccnc4)c3c2)c(Cl)c1. The Hall–Kier alpha value is -2.67. The van der Waals surface area contributed by atoms with Crippen molar-refractivity contribution in [3.63, 3.8) is 0 Å². The number of pyridine rings is 1. The van der Waals surface area contributed by atoms with Crippen molar-refractivity contribution in [3.8, 4) is 0 Å². The normalized spacial score (nSPS) is 12.4. The predicted molar refractivity (Wildman–Crippen MR) is 134 cm³/mol. The summed E-state index contributed by atoms with van der Waals surface area (Å²) < 4.78 is 28.4. The number of nitrogens with one attached hydrogen (secondary N) is 1. The summed E-state index contributed by atoms with van der Waals surface area (Å²) in [6.45, 7) is 8.82. The lowest BCUT2D eigenvalue weighted by Crippen LogP contribution is -2.35. The molecule has 0 saturated heterocycles. The van der Waals surface area contributed by atoms with E-state index in [0.717, 1.165) is 27.6 Å². The minimum atomic E-state index is -3.80. The molecule has 0 fully saturated rings. The molecule has 33 heavy (non-hydrogen) atoms.